The molecule has 2 aromatic carbocycles. The molecule has 0 heterocycles. The van der Waals surface area contributed by atoms with Crippen molar-refractivity contribution in [3.63, 3.8) is 0 Å². The molecule has 0 saturated heterocycles. The third-order valence-corrected chi connectivity index (χ3v) is 3.70. The van der Waals surface area contributed by atoms with E-state index >= 15 is 0 Å². The van der Waals surface area contributed by atoms with Crippen molar-refractivity contribution >= 4 is 34.8 Å². The van der Waals surface area contributed by atoms with Gasteiger partial charge in [-0.1, -0.05) is 46.9 Å². The van der Waals surface area contributed by atoms with E-state index in [1.807, 2.05) is 6.07 Å². The molecule has 2 rings (SSSR count). The monoisotopic (exact) mass is 317 g/mol. The fourth-order valence-electron chi connectivity index (χ4n) is 1.79. The zero-order chi connectivity index (χ0) is 14.0. The zero-order valence-corrected chi connectivity index (χ0v) is 12.1. The fourth-order valence-corrected chi connectivity index (χ4v) is 2.46. The summed E-state index contributed by atoms with van der Waals surface area (Å²) in [4.78, 5) is 0. The molecule has 0 radical (unpaired) electrons. The smallest absolute Gasteiger partial charge is 0.141 e. The predicted octanol–water partition coefficient (Wildman–Crippen LogP) is 5.03. The standard InChI is InChI=1S/C14H11Cl3FN/c15-10-3-1-8(11(16)7-10)6-14(19)9-2-4-13(18)12(17)5-9/h1-5,7,14H,6,19H2. The van der Waals surface area contributed by atoms with Crippen LogP contribution in [0.5, 0.6) is 0 Å². The van der Waals surface area contributed by atoms with E-state index in [2.05, 4.69) is 0 Å². The number of hydrogen-bond acceptors (Lipinski definition) is 1. The van der Waals surface area contributed by atoms with Crippen molar-refractivity contribution in [3.05, 3.63) is 68.4 Å². The Balaban J connectivity index is 2.20. The van der Waals surface area contributed by atoms with E-state index in [0.29, 0.717) is 16.5 Å². The highest BCUT2D eigenvalue weighted by Gasteiger charge is 2.11. The topological polar surface area (TPSA) is 26.0 Å². The van der Waals surface area contributed by atoms with Gasteiger partial charge in [0.25, 0.3) is 0 Å². The molecule has 1 unspecified atom stereocenters. The Bertz CT molecular complexity index is 601. The lowest BCUT2D eigenvalue weighted by molar-refractivity contribution is 0.625. The number of benzene rings is 2. The average Bonchev–Trinajstić information content (AvgIpc) is 2.36. The SMILES string of the molecule is NC(Cc1ccc(Cl)cc1Cl)c1ccc(F)c(Cl)c1. The van der Waals surface area contributed by atoms with Crippen LogP contribution in [0.3, 0.4) is 0 Å². The van der Waals surface area contributed by atoms with Crippen LogP contribution in [0.1, 0.15) is 17.2 Å². The number of hydrogen-bond donors (Lipinski definition) is 1. The molecular weight excluding hydrogens is 308 g/mol. The van der Waals surface area contributed by atoms with E-state index in [-0.39, 0.29) is 11.1 Å². The number of rotatable bonds is 3. The summed E-state index contributed by atoms with van der Waals surface area (Å²) < 4.78 is 13.1. The lowest BCUT2D eigenvalue weighted by Crippen LogP contribution is -2.13. The molecule has 0 amide bonds. The van der Waals surface area contributed by atoms with Crippen LogP contribution in [-0.2, 0) is 6.42 Å². The molecular formula is C14H11Cl3FN. The van der Waals surface area contributed by atoms with Gasteiger partial charge in [0.1, 0.15) is 5.82 Å². The van der Waals surface area contributed by atoms with Gasteiger partial charge in [0.15, 0.2) is 0 Å². The second-order valence-corrected chi connectivity index (χ2v) is 5.47. The molecule has 0 aromatic heterocycles. The van der Waals surface area contributed by atoms with Gasteiger partial charge in [-0.05, 0) is 41.8 Å². The van der Waals surface area contributed by atoms with E-state index in [9.17, 15) is 4.39 Å². The molecule has 2 aromatic rings. The van der Waals surface area contributed by atoms with Crippen LogP contribution in [0.2, 0.25) is 15.1 Å². The minimum absolute atomic E-state index is 0.0650. The second kappa shape index (κ2) is 6.10. The van der Waals surface area contributed by atoms with E-state index < -0.39 is 5.82 Å². The molecule has 1 atom stereocenters. The third-order valence-electron chi connectivity index (χ3n) is 2.83. The Morgan fingerprint density at radius 1 is 1.00 bits per heavy atom. The van der Waals surface area contributed by atoms with E-state index in [1.165, 1.54) is 12.1 Å². The maximum Gasteiger partial charge on any atom is 0.141 e. The summed E-state index contributed by atoms with van der Waals surface area (Å²) in [5.74, 6) is -0.456. The fraction of sp³-hybridized carbons (Fsp3) is 0.143. The van der Waals surface area contributed by atoms with Gasteiger partial charge in [0, 0.05) is 16.1 Å². The van der Waals surface area contributed by atoms with Crippen LogP contribution in [0.4, 0.5) is 4.39 Å². The Morgan fingerprint density at radius 3 is 2.37 bits per heavy atom. The Kier molecular flexibility index (Phi) is 4.69. The van der Waals surface area contributed by atoms with Gasteiger partial charge in [-0.15, -0.1) is 0 Å². The Morgan fingerprint density at radius 2 is 1.74 bits per heavy atom. The van der Waals surface area contributed by atoms with Crippen molar-refractivity contribution in [2.24, 2.45) is 5.73 Å². The van der Waals surface area contributed by atoms with Crippen LogP contribution < -0.4 is 5.73 Å². The van der Waals surface area contributed by atoms with Gasteiger partial charge in [-0.3, -0.25) is 0 Å². The molecule has 0 aliphatic rings. The first-order chi connectivity index (χ1) is 8.97. The van der Waals surface area contributed by atoms with Gasteiger partial charge in [0.2, 0.25) is 0 Å². The highest BCUT2D eigenvalue weighted by atomic mass is 35.5. The van der Waals surface area contributed by atoms with Crippen LogP contribution in [0.15, 0.2) is 36.4 Å². The molecule has 0 saturated carbocycles. The van der Waals surface area contributed by atoms with E-state index in [0.717, 1.165) is 11.1 Å². The van der Waals surface area contributed by atoms with Crippen molar-refractivity contribution in [3.8, 4) is 0 Å². The van der Waals surface area contributed by atoms with Crippen LogP contribution in [0.25, 0.3) is 0 Å². The van der Waals surface area contributed by atoms with Gasteiger partial charge in [-0.25, -0.2) is 4.39 Å². The molecule has 19 heavy (non-hydrogen) atoms. The summed E-state index contributed by atoms with van der Waals surface area (Å²) in [5.41, 5.74) is 7.73. The first-order valence-electron chi connectivity index (χ1n) is 5.62. The second-order valence-electron chi connectivity index (χ2n) is 4.22. The van der Waals surface area contributed by atoms with Gasteiger partial charge in [-0.2, -0.15) is 0 Å². The predicted molar refractivity (Wildman–Crippen MR) is 78.5 cm³/mol. The van der Waals surface area contributed by atoms with E-state index in [1.54, 1.807) is 18.2 Å². The Labute approximate surface area is 126 Å². The summed E-state index contributed by atoms with van der Waals surface area (Å²) >= 11 is 17.7. The average molecular weight is 319 g/mol. The van der Waals surface area contributed by atoms with Crippen LogP contribution in [0, 0.1) is 5.82 Å². The van der Waals surface area contributed by atoms with Crippen molar-refractivity contribution in [1.29, 1.82) is 0 Å². The lowest BCUT2D eigenvalue weighted by atomic mass is 9.99. The molecule has 0 aliphatic heterocycles. The van der Waals surface area contributed by atoms with Crippen LogP contribution >= 0.6 is 34.8 Å². The molecule has 0 bridgehead atoms. The van der Waals surface area contributed by atoms with E-state index in [4.69, 9.17) is 40.5 Å². The molecule has 2 N–H and O–H groups in total. The first-order valence-corrected chi connectivity index (χ1v) is 6.75. The highest BCUT2D eigenvalue weighted by molar-refractivity contribution is 6.35. The lowest BCUT2D eigenvalue weighted by Gasteiger charge is -2.14. The summed E-state index contributed by atoms with van der Waals surface area (Å²) in [6.07, 6.45) is 0.526. The molecule has 0 fully saturated rings. The quantitative estimate of drug-likeness (QED) is 0.844. The minimum Gasteiger partial charge on any atom is -0.324 e. The maximum absolute atomic E-state index is 13.1. The molecule has 0 spiro atoms. The number of halogens is 4. The molecule has 0 aliphatic carbocycles. The Hall–Kier alpha value is -0.800. The normalized spacial score (nSPS) is 12.5. The van der Waals surface area contributed by atoms with Crippen LogP contribution in [-0.4, -0.2) is 0 Å². The van der Waals surface area contributed by atoms with Gasteiger partial charge in [0.05, 0.1) is 5.02 Å². The third kappa shape index (κ3) is 3.61. The summed E-state index contributed by atoms with van der Waals surface area (Å²) in [7, 11) is 0. The highest BCUT2D eigenvalue weighted by Crippen LogP contribution is 2.26. The summed E-state index contributed by atoms with van der Waals surface area (Å²) in [5, 5.41) is 1.21. The molecule has 5 heteroatoms. The van der Waals surface area contributed by atoms with Crippen molar-refractivity contribution in [2.75, 3.05) is 0 Å². The molecule has 100 valence electrons. The molecule has 1 nitrogen and oxygen atoms in total. The minimum atomic E-state index is -0.456. The van der Waals surface area contributed by atoms with Crippen molar-refractivity contribution in [1.82, 2.24) is 0 Å². The van der Waals surface area contributed by atoms with Gasteiger partial charge >= 0.3 is 0 Å². The van der Waals surface area contributed by atoms with Gasteiger partial charge < -0.3 is 5.73 Å². The maximum atomic E-state index is 13.1. The van der Waals surface area contributed by atoms with Crippen molar-refractivity contribution in [2.45, 2.75) is 12.5 Å². The number of nitrogens with two attached hydrogens (primary N) is 1. The largest absolute Gasteiger partial charge is 0.324 e. The zero-order valence-electron chi connectivity index (χ0n) is 9.84. The van der Waals surface area contributed by atoms with Crippen molar-refractivity contribution < 1.29 is 4.39 Å². The summed E-state index contributed by atoms with van der Waals surface area (Å²) in [6, 6.07) is 9.41. The first kappa shape index (κ1) is 14.6. The summed E-state index contributed by atoms with van der Waals surface area (Å²) in [6.45, 7) is 0.